The molecule has 0 radical (unpaired) electrons. The molecule has 0 saturated carbocycles. The Bertz CT molecular complexity index is 336. The van der Waals surface area contributed by atoms with Crippen LogP contribution in [-0.2, 0) is 0 Å². The van der Waals surface area contributed by atoms with Gasteiger partial charge >= 0.3 is 0 Å². The van der Waals surface area contributed by atoms with E-state index in [1.165, 1.54) is 43.7 Å². The number of rotatable bonds is 0. The average Bonchev–Trinajstić information content (AvgIpc) is 2.15. The smallest absolute Gasteiger partial charge is 0.0386 e. The Morgan fingerprint density at radius 2 is 2.20 bits per heavy atom. The van der Waals surface area contributed by atoms with Crippen molar-refractivity contribution >= 4 is 0 Å². The zero-order valence-corrected chi connectivity index (χ0v) is 9.71. The fraction of sp³-hybridized carbons (Fsp3) is 0.692. The van der Waals surface area contributed by atoms with Gasteiger partial charge in [0.2, 0.25) is 0 Å². The second kappa shape index (κ2) is 3.38. The van der Waals surface area contributed by atoms with Crippen LogP contribution in [0.1, 0.15) is 20.3 Å². The number of piperidine rings is 2. The summed E-state index contributed by atoms with van der Waals surface area (Å²) in [4.78, 5) is 2.63. The van der Waals surface area contributed by atoms with Gasteiger partial charge in [0.25, 0.3) is 0 Å². The van der Waals surface area contributed by atoms with E-state index in [4.69, 9.17) is 0 Å². The largest absolute Gasteiger partial charge is 0.370 e. The maximum Gasteiger partial charge on any atom is 0.0386 e. The topological polar surface area (TPSA) is 15.3 Å². The molecule has 2 nitrogen and oxygen atoms in total. The van der Waals surface area contributed by atoms with E-state index >= 15 is 0 Å². The van der Waals surface area contributed by atoms with Gasteiger partial charge in [-0.25, -0.2) is 0 Å². The van der Waals surface area contributed by atoms with E-state index in [1.54, 1.807) is 5.70 Å². The fourth-order valence-corrected chi connectivity index (χ4v) is 3.56. The van der Waals surface area contributed by atoms with E-state index < -0.39 is 0 Å². The molecule has 0 spiro atoms. The summed E-state index contributed by atoms with van der Waals surface area (Å²) in [6, 6.07) is 0. The lowest BCUT2D eigenvalue weighted by atomic mass is 9.80. The number of hydrogen-bond acceptors (Lipinski definition) is 2. The fourth-order valence-electron chi connectivity index (χ4n) is 3.56. The van der Waals surface area contributed by atoms with Crippen molar-refractivity contribution in [3.05, 3.63) is 22.9 Å². The molecule has 3 aliphatic heterocycles. The monoisotopic (exact) mass is 204 g/mol. The third-order valence-electron chi connectivity index (χ3n) is 3.95. The zero-order chi connectivity index (χ0) is 10.4. The van der Waals surface area contributed by atoms with Crippen molar-refractivity contribution in [3.8, 4) is 0 Å². The van der Waals surface area contributed by atoms with Gasteiger partial charge in [0.05, 0.1) is 0 Å². The van der Waals surface area contributed by atoms with Gasteiger partial charge in [-0.1, -0.05) is 11.6 Å². The van der Waals surface area contributed by atoms with Crippen molar-refractivity contribution in [2.75, 3.05) is 26.2 Å². The lowest BCUT2D eigenvalue weighted by Gasteiger charge is -2.47. The Balaban J connectivity index is 1.97. The minimum absolute atomic E-state index is 0.779. The van der Waals surface area contributed by atoms with Crippen LogP contribution in [0, 0.1) is 11.8 Å². The second-order valence-electron chi connectivity index (χ2n) is 5.40. The first-order valence-electron chi connectivity index (χ1n) is 6.07. The Kier molecular flexibility index (Phi) is 2.13. The van der Waals surface area contributed by atoms with Crippen LogP contribution in [0.25, 0.3) is 0 Å². The lowest BCUT2D eigenvalue weighted by molar-refractivity contribution is 0.152. The molecule has 2 unspecified atom stereocenters. The van der Waals surface area contributed by atoms with Gasteiger partial charge in [0.15, 0.2) is 0 Å². The highest BCUT2D eigenvalue weighted by Gasteiger charge is 2.35. The van der Waals surface area contributed by atoms with E-state index in [9.17, 15) is 0 Å². The minimum atomic E-state index is 0.779. The van der Waals surface area contributed by atoms with Crippen LogP contribution in [-0.4, -0.2) is 31.1 Å². The van der Waals surface area contributed by atoms with Crippen molar-refractivity contribution < 1.29 is 0 Å². The van der Waals surface area contributed by atoms with Gasteiger partial charge in [-0.2, -0.15) is 0 Å². The normalized spacial score (nSPS) is 35.1. The summed E-state index contributed by atoms with van der Waals surface area (Å²) < 4.78 is 0. The van der Waals surface area contributed by atoms with E-state index in [0.29, 0.717) is 0 Å². The van der Waals surface area contributed by atoms with Gasteiger partial charge < -0.3 is 10.2 Å². The number of nitrogens with one attached hydrogen (secondary N) is 1. The van der Waals surface area contributed by atoms with E-state index in [0.717, 1.165) is 11.8 Å². The van der Waals surface area contributed by atoms with Crippen LogP contribution in [0.15, 0.2) is 22.9 Å². The van der Waals surface area contributed by atoms with Crippen molar-refractivity contribution in [1.82, 2.24) is 10.2 Å². The molecule has 0 aromatic carbocycles. The summed E-state index contributed by atoms with van der Waals surface area (Å²) in [5, 5.41) is 3.57. The maximum atomic E-state index is 3.57. The van der Waals surface area contributed by atoms with Crippen LogP contribution < -0.4 is 5.32 Å². The highest BCUT2D eigenvalue weighted by Crippen LogP contribution is 2.37. The highest BCUT2D eigenvalue weighted by molar-refractivity contribution is 5.34. The molecule has 15 heavy (non-hydrogen) atoms. The van der Waals surface area contributed by atoms with Gasteiger partial charge in [0, 0.05) is 31.2 Å². The van der Waals surface area contributed by atoms with Crippen molar-refractivity contribution in [2.45, 2.75) is 20.3 Å². The van der Waals surface area contributed by atoms with Crippen molar-refractivity contribution in [2.24, 2.45) is 11.8 Å². The molecular formula is C13H20N2. The van der Waals surface area contributed by atoms with E-state index in [1.807, 2.05) is 0 Å². The Labute approximate surface area is 92.0 Å². The summed E-state index contributed by atoms with van der Waals surface area (Å²) in [6.07, 6.45) is 3.78. The molecule has 0 aromatic heterocycles. The third kappa shape index (κ3) is 1.51. The highest BCUT2D eigenvalue weighted by atomic mass is 15.2. The van der Waals surface area contributed by atoms with Gasteiger partial charge in [-0.05, 0) is 38.3 Å². The number of fused-ring (bicyclic) bond motifs is 4. The SMILES string of the molecule is CC1=CC(C)=C2C3CNCC(C3)CN2C1. The van der Waals surface area contributed by atoms with Crippen LogP contribution in [0.5, 0.6) is 0 Å². The van der Waals surface area contributed by atoms with Gasteiger partial charge in [0.1, 0.15) is 0 Å². The first-order valence-corrected chi connectivity index (χ1v) is 6.07. The van der Waals surface area contributed by atoms with Crippen LogP contribution in [0.2, 0.25) is 0 Å². The van der Waals surface area contributed by atoms with Crippen molar-refractivity contribution in [1.29, 1.82) is 0 Å². The maximum absolute atomic E-state index is 3.57. The van der Waals surface area contributed by atoms with Crippen LogP contribution >= 0.6 is 0 Å². The molecule has 2 atom stereocenters. The van der Waals surface area contributed by atoms with E-state index in [-0.39, 0.29) is 0 Å². The summed E-state index contributed by atoms with van der Waals surface area (Å²) in [5.74, 6) is 1.66. The zero-order valence-electron chi connectivity index (χ0n) is 9.71. The molecule has 3 heterocycles. The Morgan fingerprint density at radius 1 is 1.33 bits per heavy atom. The molecule has 1 N–H and O–H groups in total. The third-order valence-corrected chi connectivity index (χ3v) is 3.95. The average molecular weight is 204 g/mol. The minimum Gasteiger partial charge on any atom is -0.370 e. The van der Waals surface area contributed by atoms with Crippen LogP contribution in [0.4, 0.5) is 0 Å². The molecule has 82 valence electrons. The summed E-state index contributed by atoms with van der Waals surface area (Å²) in [7, 11) is 0. The first-order chi connectivity index (χ1) is 7.24. The van der Waals surface area contributed by atoms with Gasteiger partial charge in [-0.3, -0.25) is 0 Å². The lowest BCUT2D eigenvalue weighted by Crippen LogP contribution is -2.51. The Morgan fingerprint density at radius 3 is 3.07 bits per heavy atom. The molecule has 2 saturated heterocycles. The molecule has 0 amide bonds. The number of hydrogen-bond donors (Lipinski definition) is 1. The molecular weight excluding hydrogens is 184 g/mol. The van der Waals surface area contributed by atoms with Gasteiger partial charge in [-0.15, -0.1) is 0 Å². The molecule has 3 aliphatic rings. The summed E-state index contributed by atoms with van der Waals surface area (Å²) in [6.45, 7) is 9.37. The summed E-state index contributed by atoms with van der Waals surface area (Å²) >= 11 is 0. The predicted molar refractivity (Wildman–Crippen MR) is 62.5 cm³/mol. The quantitative estimate of drug-likeness (QED) is 0.647. The molecule has 0 aliphatic carbocycles. The second-order valence-corrected chi connectivity index (χ2v) is 5.40. The molecule has 2 bridgehead atoms. The molecule has 3 rings (SSSR count). The predicted octanol–water partition coefficient (Wildman–Crippen LogP) is 1.76. The number of nitrogens with zero attached hydrogens (tertiary/aromatic N) is 1. The van der Waals surface area contributed by atoms with Crippen molar-refractivity contribution in [3.63, 3.8) is 0 Å². The number of allylic oxidation sites excluding steroid dienone is 2. The first kappa shape index (κ1) is 9.46. The van der Waals surface area contributed by atoms with Crippen LogP contribution in [0.3, 0.4) is 0 Å². The summed E-state index contributed by atoms with van der Waals surface area (Å²) in [5.41, 5.74) is 4.65. The van der Waals surface area contributed by atoms with E-state index in [2.05, 4.69) is 30.1 Å². The molecule has 0 aromatic rings. The molecule has 2 heteroatoms. The Hall–Kier alpha value is -0.760. The standard InChI is InChI=1S/C13H20N2/c1-9-3-10(2)13-12-4-11(5-14-6-12)8-15(13)7-9/h3,11-12,14H,4-8H2,1-2H3. The molecule has 2 fully saturated rings.